The highest BCUT2D eigenvalue weighted by atomic mass is 32.1. The van der Waals surface area contributed by atoms with Crippen LogP contribution in [0.2, 0.25) is 0 Å². The molecule has 0 saturated carbocycles. The summed E-state index contributed by atoms with van der Waals surface area (Å²) in [4.78, 5) is 11.2. The van der Waals surface area contributed by atoms with Gasteiger partial charge in [-0.3, -0.25) is 4.99 Å². The van der Waals surface area contributed by atoms with Gasteiger partial charge in [0.1, 0.15) is 5.01 Å². The minimum absolute atomic E-state index is 0.739. The predicted octanol–water partition coefficient (Wildman–Crippen LogP) is 2.59. The van der Waals surface area contributed by atoms with Gasteiger partial charge in [-0.2, -0.15) is 0 Å². The molecule has 21 heavy (non-hydrogen) atoms. The quantitative estimate of drug-likeness (QED) is 0.684. The first-order valence-corrected chi connectivity index (χ1v) is 8.07. The Hall–Kier alpha value is -1.88. The zero-order valence-electron chi connectivity index (χ0n) is 12.5. The second kappa shape index (κ2) is 6.26. The zero-order chi connectivity index (χ0) is 14.7. The van der Waals surface area contributed by atoms with Crippen molar-refractivity contribution in [1.29, 1.82) is 0 Å². The van der Waals surface area contributed by atoms with Crippen LogP contribution < -0.4 is 5.32 Å². The van der Waals surface area contributed by atoms with Crippen LogP contribution in [0.1, 0.15) is 21.8 Å². The first kappa shape index (κ1) is 14.1. The molecule has 1 N–H and O–H groups in total. The Morgan fingerprint density at radius 2 is 2.19 bits per heavy atom. The van der Waals surface area contributed by atoms with Crippen LogP contribution in [-0.2, 0) is 19.5 Å². The van der Waals surface area contributed by atoms with Crippen molar-refractivity contribution in [2.75, 3.05) is 13.6 Å². The Labute approximate surface area is 129 Å². The van der Waals surface area contributed by atoms with Crippen LogP contribution in [0.4, 0.5) is 0 Å². The van der Waals surface area contributed by atoms with Gasteiger partial charge in [0.05, 0.1) is 6.54 Å². The Morgan fingerprint density at radius 3 is 2.90 bits per heavy atom. The molecule has 0 radical (unpaired) electrons. The van der Waals surface area contributed by atoms with E-state index in [1.165, 1.54) is 11.1 Å². The lowest BCUT2D eigenvalue weighted by Crippen LogP contribution is -2.43. The molecule has 0 unspecified atom stereocenters. The van der Waals surface area contributed by atoms with Gasteiger partial charge in [0.25, 0.3) is 0 Å². The van der Waals surface area contributed by atoms with Gasteiger partial charge >= 0.3 is 0 Å². The molecule has 0 fully saturated rings. The van der Waals surface area contributed by atoms with E-state index in [4.69, 9.17) is 0 Å². The van der Waals surface area contributed by atoms with Crippen LogP contribution >= 0.6 is 11.3 Å². The molecule has 0 saturated heterocycles. The van der Waals surface area contributed by atoms with Crippen LogP contribution in [0, 0.1) is 6.92 Å². The molecule has 1 aromatic carbocycles. The van der Waals surface area contributed by atoms with Crippen molar-refractivity contribution in [3.05, 3.63) is 51.5 Å². The summed E-state index contributed by atoms with van der Waals surface area (Å²) in [6, 6.07) is 8.66. The second-order valence-electron chi connectivity index (χ2n) is 5.22. The molecule has 110 valence electrons. The lowest BCUT2D eigenvalue weighted by Gasteiger charge is -2.31. The first-order valence-electron chi connectivity index (χ1n) is 7.19. The predicted molar refractivity (Wildman–Crippen MR) is 87.6 cm³/mol. The molecule has 1 aromatic heterocycles. The summed E-state index contributed by atoms with van der Waals surface area (Å²) in [5.41, 5.74) is 3.94. The topological polar surface area (TPSA) is 40.5 Å². The molecule has 0 aliphatic carbocycles. The Kier molecular flexibility index (Phi) is 4.20. The molecule has 1 aliphatic rings. The lowest BCUT2D eigenvalue weighted by molar-refractivity contribution is 0.378. The van der Waals surface area contributed by atoms with E-state index in [9.17, 15) is 0 Å². The maximum Gasteiger partial charge on any atom is 0.194 e. The van der Waals surface area contributed by atoms with Crippen molar-refractivity contribution in [3.8, 4) is 0 Å². The average molecular weight is 300 g/mol. The third-order valence-electron chi connectivity index (χ3n) is 3.71. The number of hydrogen-bond acceptors (Lipinski definition) is 3. The molecule has 5 heteroatoms. The van der Waals surface area contributed by atoms with Gasteiger partial charge in [0.2, 0.25) is 0 Å². The van der Waals surface area contributed by atoms with Crippen molar-refractivity contribution in [1.82, 2.24) is 15.2 Å². The number of benzene rings is 1. The normalized spacial score (nSPS) is 15.0. The number of aryl methyl sites for hydroxylation is 1. The number of rotatable bonds is 2. The number of guanidine groups is 1. The number of fused-ring (bicyclic) bond motifs is 1. The molecule has 2 heterocycles. The minimum atomic E-state index is 0.739. The van der Waals surface area contributed by atoms with Crippen molar-refractivity contribution < 1.29 is 0 Å². The second-order valence-corrected chi connectivity index (χ2v) is 6.17. The van der Waals surface area contributed by atoms with Gasteiger partial charge < -0.3 is 10.2 Å². The highest BCUT2D eigenvalue weighted by Gasteiger charge is 2.18. The lowest BCUT2D eigenvalue weighted by atomic mass is 10.0. The Balaban J connectivity index is 1.65. The molecule has 0 spiro atoms. The van der Waals surface area contributed by atoms with Crippen molar-refractivity contribution in [2.24, 2.45) is 4.99 Å². The molecule has 1 aliphatic heterocycles. The van der Waals surface area contributed by atoms with Gasteiger partial charge in [0, 0.05) is 31.2 Å². The van der Waals surface area contributed by atoms with Crippen LogP contribution in [-0.4, -0.2) is 29.4 Å². The SMILES string of the molecule is CN=C(NCc1nc(C)cs1)N1CCc2ccccc2C1. The molecular formula is C16H20N4S. The van der Waals surface area contributed by atoms with E-state index in [0.29, 0.717) is 0 Å². The van der Waals surface area contributed by atoms with Crippen molar-refractivity contribution >= 4 is 17.3 Å². The van der Waals surface area contributed by atoms with E-state index in [0.717, 1.165) is 42.7 Å². The average Bonchev–Trinajstić information content (AvgIpc) is 2.93. The summed E-state index contributed by atoms with van der Waals surface area (Å²) < 4.78 is 0. The highest BCUT2D eigenvalue weighted by molar-refractivity contribution is 7.09. The molecule has 0 bridgehead atoms. The van der Waals surface area contributed by atoms with Gasteiger partial charge in [0.15, 0.2) is 5.96 Å². The Bertz CT molecular complexity index is 647. The number of aliphatic imine (C=N–C) groups is 1. The summed E-state index contributed by atoms with van der Waals surface area (Å²) in [6.45, 7) is 4.69. The monoisotopic (exact) mass is 300 g/mol. The number of nitrogens with one attached hydrogen (secondary N) is 1. The van der Waals surface area contributed by atoms with Crippen molar-refractivity contribution in [3.63, 3.8) is 0 Å². The smallest absolute Gasteiger partial charge is 0.194 e. The minimum Gasteiger partial charge on any atom is -0.350 e. The number of nitrogens with zero attached hydrogens (tertiary/aromatic N) is 3. The standard InChI is InChI=1S/C16H20N4S/c1-12-11-21-15(19-12)9-18-16(17-2)20-8-7-13-5-3-4-6-14(13)10-20/h3-6,11H,7-10H2,1-2H3,(H,17,18). The van der Waals surface area contributed by atoms with Crippen LogP contribution in [0.5, 0.6) is 0 Å². The van der Waals surface area contributed by atoms with Gasteiger partial charge in [-0.25, -0.2) is 4.98 Å². The number of hydrogen-bond donors (Lipinski definition) is 1. The van der Waals surface area contributed by atoms with E-state index < -0.39 is 0 Å². The maximum absolute atomic E-state index is 4.48. The van der Waals surface area contributed by atoms with Crippen LogP contribution in [0.15, 0.2) is 34.6 Å². The van der Waals surface area contributed by atoms with Crippen LogP contribution in [0.25, 0.3) is 0 Å². The highest BCUT2D eigenvalue weighted by Crippen LogP contribution is 2.18. The van der Waals surface area contributed by atoms with Gasteiger partial charge in [-0.1, -0.05) is 24.3 Å². The fourth-order valence-corrected chi connectivity index (χ4v) is 3.36. The molecule has 4 nitrogen and oxygen atoms in total. The van der Waals surface area contributed by atoms with Gasteiger partial charge in [-0.05, 0) is 24.5 Å². The zero-order valence-corrected chi connectivity index (χ0v) is 13.3. The first-order chi connectivity index (χ1) is 10.3. The molecule has 0 amide bonds. The van der Waals surface area contributed by atoms with Crippen molar-refractivity contribution in [2.45, 2.75) is 26.4 Å². The third-order valence-corrected chi connectivity index (χ3v) is 4.67. The van der Waals surface area contributed by atoms with Crippen LogP contribution in [0.3, 0.4) is 0 Å². The summed E-state index contributed by atoms with van der Waals surface area (Å²) in [5, 5.41) is 6.61. The van der Waals surface area contributed by atoms with E-state index in [1.807, 2.05) is 14.0 Å². The Morgan fingerprint density at radius 1 is 1.38 bits per heavy atom. The molecule has 3 rings (SSSR count). The fourth-order valence-electron chi connectivity index (χ4n) is 2.65. The molecular weight excluding hydrogens is 280 g/mol. The summed E-state index contributed by atoms with van der Waals surface area (Å²) in [6.07, 6.45) is 1.08. The summed E-state index contributed by atoms with van der Waals surface area (Å²) in [5.74, 6) is 0.956. The number of thiazole rings is 1. The van der Waals surface area contributed by atoms with E-state index in [1.54, 1.807) is 11.3 Å². The van der Waals surface area contributed by atoms with E-state index >= 15 is 0 Å². The third kappa shape index (κ3) is 3.24. The summed E-state index contributed by atoms with van der Waals surface area (Å²) >= 11 is 1.69. The largest absolute Gasteiger partial charge is 0.350 e. The van der Waals surface area contributed by atoms with Gasteiger partial charge in [-0.15, -0.1) is 11.3 Å². The van der Waals surface area contributed by atoms with E-state index in [2.05, 4.69) is 49.8 Å². The number of aromatic nitrogens is 1. The maximum atomic E-state index is 4.48. The molecule has 0 atom stereocenters. The fraction of sp³-hybridized carbons (Fsp3) is 0.375. The van der Waals surface area contributed by atoms with E-state index in [-0.39, 0.29) is 0 Å². The molecule has 2 aromatic rings. The summed E-state index contributed by atoms with van der Waals surface area (Å²) in [7, 11) is 1.84.